The molecule has 1 saturated heterocycles. The molecule has 1 aromatic rings. The number of hydrogen-bond acceptors (Lipinski definition) is 5. The second-order valence-corrected chi connectivity index (χ2v) is 5.28. The van der Waals surface area contributed by atoms with Crippen molar-refractivity contribution < 1.29 is 5.11 Å². The van der Waals surface area contributed by atoms with Gasteiger partial charge in [-0.15, -0.1) is 0 Å². The fourth-order valence-electron chi connectivity index (χ4n) is 2.27. The normalized spacial score (nSPS) is 23.7. The van der Waals surface area contributed by atoms with Crippen LogP contribution in [0.25, 0.3) is 0 Å². The van der Waals surface area contributed by atoms with Crippen LogP contribution < -0.4 is 15.8 Å². The number of anilines is 1. The average Bonchev–Trinajstić information content (AvgIpc) is 2.39. The monoisotopic (exact) mass is 286 g/mol. The Hall–Kier alpha value is -1.11. The van der Waals surface area contributed by atoms with E-state index in [-0.39, 0.29) is 29.8 Å². The van der Waals surface area contributed by atoms with Gasteiger partial charge in [-0.05, 0) is 13.8 Å². The van der Waals surface area contributed by atoms with Gasteiger partial charge >= 0.3 is 0 Å². The molecule has 19 heavy (non-hydrogen) atoms. The van der Waals surface area contributed by atoms with Crippen molar-refractivity contribution in [2.24, 2.45) is 0 Å². The summed E-state index contributed by atoms with van der Waals surface area (Å²) < 4.78 is 1.18. The third kappa shape index (κ3) is 2.91. The molecule has 1 aliphatic rings. The Labute approximate surface area is 117 Å². The highest BCUT2D eigenvalue weighted by molar-refractivity contribution is 6.33. The lowest BCUT2D eigenvalue weighted by molar-refractivity contribution is 0.266. The number of nitrogens with zero attached hydrogens (tertiary/aromatic N) is 3. The van der Waals surface area contributed by atoms with Crippen LogP contribution in [0.15, 0.2) is 11.0 Å². The van der Waals surface area contributed by atoms with Gasteiger partial charge in [-0.1, -0.05) is 11.6 Å². The predicted octanol–water partition coefficient (Wildman–Crippen LogP) is 0.0756. The molecule has 0 amide bonds. The molecule has 2 rings (SSSR count). The number of halogens is 1. The van der Waals surface area contributed by atoms with Crippen molar-refractivity contribution in [3.05, 3.63) is 21.6 Å². The highest BCUT2D eigenvalue weighted by Crippen LogP contribution is 2.24. The molecular weight excluding hydrogens is 268 g/mol. The second kappa shape index (κ2) is 5.90. The Bertz CT molecular complexity index is 505. The first-order valence-electron chi connectivity index (χ1n) is 6.41. The summed E-state index contributed by atoms with van der Waals surface area (Å²) in [5, 5.41) is 16.5. The molecule has 2 N–H and O–H groups in total. The van der Waals surface area contributed by atoms with Gasteiger partial charge in [-0.25, -0.2) is 4.68 Å². The van der Waals surface area contributed by atoms with E-state index in [1.54, 1.807) is 6.20 Å². The van der Waals surface area contributed by atoms with Crippen molar-refractivity contribution in [3.8, 4) is 0 Å². The summed E-state index contributed by atoms with van der Waals surface area (Å²) in [6.45, 7) is 5.82. The van der Waals surface area contributed by atoms with Crippen LogP contribution in [-0.4, -0.2) is 46.7 Å². The van der Waals surface area contributed by atoms with Crippen LogP contribution in [0.3, 0.4) is 0 Å². The lowest BCUT2D eigenvalue weighted by atomic mass is 10.1. The van der Waals surface area contributed by atoms with Crippen LogP contribution >= 0.6 is 11.6 Å². The number of hydrogen-bond donors (Lipinski definition) is 2. The summed E-state index contributed by atoms with van der Waals surface area (Å²) >= 11 is 6.16. The van der Waals surface area contributed by atoms with Crippen molar-refractivity contribution in [1.82, 2.24) is 15.1 Å². The molecule has 0 aromatic carbocycles. The first-order valence-corrected chi connectivity index (χ1v) is 6.79. The van der Waals surface area contributed by atoms with Gasteiger partial charge in [0.05, 0.1) is 25.0 Å². The molecule has 0 aliphatic carbocycles. The minimum Gasteiger partial charge on any atom is -0.394 e. The maximum atomic E-state index is 12.0. The van der Waals surface area contributed by atoms with Gasteiger partial charge in [-0.3, -0.25) is 4.79 Å². The smallest absolute Gasteiger partial charge is 0.287 e. The van der Waals surface area contributed by atoms with E-state index in [4.69, 9.17) is 16.7 Å². The zero-order chi connectivity index (χ0) is 14.0. The quantitative estimate of drug-likeness (QED) is 0.823. The molecule has 0 saturated carbocycles. The zero-order valence-corrected chi connectivity index (χ0v) is 11.9. The highest BCUT2D eigenvalue weighted by atomic mass is 35.5. The second-order valence-electron chi connectivity index (χ2n) is 4.91. The van der Waals surface area contributed by atoms with Crippen molar-refractivity contribution in [2.75, 3.05) is 24.6 Å². The molecule has 7 heteroatoms. The van der Waals surface area contributed by atoms with Crippen molar-refractivity contribution in [3.63, 3.8) is 0 Å². The van der Waals surface area contributed by atoms with Gasteiger partial charge in [0.15, 0.2) is 0 Å². The van der Waals surface area contributed by atoms with E-state index < -0.39 is 0 Å². The third-order valence-corrected chi connectivity index (χ3v) is 3.71. The van der Waals surface area contributed by atoms with Crippen molar-refractivity contribution in [2.45, 2.75) is 32.5 Å². The number of piperazine rings is 1. The summed E-state index contributed by atoms with van der Waals surface area (Å²) in [6.07, 6.45) is 1.61. The lowest BCUT2D eigenvalue weighted by Crippen LogP contribution is -2.54. The largest absolute Gasteiger partial charge is 0.394 e. The van der Waals surface area contributed by atoms with Gasteiger partial charge < -0.3 is 15.3 Å². The van der Waals surface area contributed by atoms with Crippen LogP contribution in [-0.2, 0) is 6.54 Å². The Morgan fingerprint density at radius 3 is 3.00 bits per heavy atom. The molecule has 0 bridgehead atoms. The van der Waals surface area contributed by atoms with Crippen LogP contribution in [0.2, 0.25) is 5.02 Å². The Kier molecular flexibility index (Phi) is 4.44. The summed E-state index contributed by atoms with van der Waals surface area (Å²) in [5.41, 5.74) is 0.313. The Morgan fingerprint density at radius 2 is 2.32 bits per heavy atom. The third-order valence-electron chi connectivity index (χ3n) is 3.35. The minimum absolute atomic E-state index is 0.135. The maximum Gasteiger partial charge on any atom is 0.287 e. The van der Waals surface area contributed by atoms with Crippen molar-refractivity contribution in [1.29, 1.82) is 0 Å². The minimum atomic E-state index is -0.355. The van der Waals surface area contributed by atoms with Crippen LogP contribution in [0.4, 0.5) is 5.69 Å². The molecular formula is C12H19ClN4O2. The van der Waals surface area contributed by atoms with Gasteiger partial charge in [-0.2, -0.15) is 5.10 Å². The number of aliphatic hydroxyl groups excluding tert-OH is 1. The number of rotatable bonds is 3. The molecule has 6 nitrogen and oxygen atoms in total. The molecule has 1 fully saturated rings. The number of nitrogens with one attached hydrogen (secondary N) is 1. The summed E-state index contributed by atoms with van der Waals surface area (Å²) in [5.74, 6) is 0. The number of aliphatic hydroxyl groups is 1. The summed E-state index contributed by atoms with van der Waals surface area (Å²) in [6, 6.07) is 0.593. The molecule has 106 valence electrons. The van der Waals surface area contributed by atoms with Crippen LogP contribution in [0, 0.1) is 0 Å². The first kappa shape index (κ1) is 14.3. The van der Waals surface area contributed by atoms with Gasteiger partial charge in [0.25, 0.3) is 5.56 Å². The molecule has 0 spiro atoms. The summed E-state index contributed by atoms with van der Waals surface area (Å²) in [7, 11) is 0. The van der Waals surface area contributed by atoms with Gasteiger partial charge in [0.2, 0.25) is 0 Å². The Morgan fingerprint density at radius 1 is 1.58 bits per heavy atom. The molecule has 2 heterocycles. The Balaban J connectivity index is 2.34. The van der Waals surface area contributed by atoms with E-state index >= 15 is 0 Å². The molecule has 1 aromatic heterocycles. The summed E-state index contributed by atoms with van der Waals surface area (Å²) in [4.78, 5) is 14.1. The van der Waals surface area contributed by atoms with Crippen molar-refractivity contribution >= 4 is 17.3 Å². The molecule has 2 atom stereocenters. The van der Waals surface area contributed by atoms with E-state index in [1.807, 2.05) is 0 Å². The molecule has 0 radical (unpaired) electrons. The first-order chi connectivity index (χ1) is 9.04. The SMILES string of the molecule is CC1CN(c2cnn(CCO)c(=O)c2Cl)C(C)CN1. The number of aromatic nitrogens is 2. The average molecular weight is 287 g/mol. The van der Waals surface area contributed by atoms with E-state index in [0.717, 1.165) is 13.1 Å². The van der Waals surface area contributed by atoms with Crippen LogP contribution in [0.5, 0.6) is 0 Å². The van der Waals surface area contributed by atoms with Gasteiger partial charge in [0, 0.05) is 25.2 Å². The predicted molar refractivity (Wildman–Crippen MR) is 74.9 cm³/mol. The molecule has 2 unspecified atom stereocenters. The van der Waals surface area contributed by atoms with Gasteiger partial charge in [0.1, 0.15) is 5.02 Å². The van der Waals surface area contributed by atoms with E-state index in [0.29, 0.717) is 11.7 Å². The van der Waals surface area contributed by atoms with E-state index in [1.165, 1.54) is 4.68 Å². The highest BCUT2D eigenvalue weighted by Gasteiger charge is 2.25. The molecule has 1 aliphatic heterocycles. The van der Waals surface area contributed by atoms with E-state index in [2.05, 4.69) is 29.2 Å². The maximum absolute atomic E-state index is 12.0. The van der Waals surface area contributed by atoms with Crippen LogP contribution in [0.1, 0.15) is 13.8 Å². The fourth-order valence-corrected chi connectivity index (χ4v) is 2.52. The standard InChI is InChI=1S/C12H19ClN4O2/c1-8-7-16(9(2)5-14-8)10-6-15-17(3-4-18)12(19)11(10)13/h6,8-9,14,18H,3-5,7H2,1-2H3. The lowest BCUT2D eigenvalue weighted by Gasteiger charge is -2.39. The zero-order valence-electron chi connectivity index (χ0n) is 11.1. The topological polar surface area (TPSA) is 70.4 Å². The fraction of sp³-hybridized carbons (Fsp3) is 0.667. The van der Waals surface area contributed by atoms with E-state index in [9.17, 15) is 4.79 Å².